The molecule has 0 radical (unpaired) electrons. The van der Waals surface area contributed by atoms with Crippen LogP contribution in [0.2, 0.25) is 0 Å². The van der Waals surface area contributed by atoms with Crippen molar-refractivity contribution in [2.75, 3.05) is 0 Å². The summed E-state index contributed by atoms with van der Waals surface area (Å²) in [7, 11) is 0. The van der Waals surface area contributed by atoms with Crippen LogP contribution in [-0.2, 0) is 5.41 Å². The number of thiophene rings is 2. The van der Waals surface area contributed by atoms with Crippen LogP contribution >= 0.6 is 22.7 Å². The Labute approximate surface area is 319 Å². The third kappa shape index (κ3) is 4.06. The maximum absolute atomic E-state index is 5.41. The Balaban J connectivity index is 1.08. The van der Waals surface area contributed by atoms with Crippen LogP contribution in [0.3, 0.4) is 0 Å². The summed E-state index contributed by atoms with van der Waals surface area (Å²) >= 11 is 3.75. The molecule has 54 heavy (non-hydrogen) atoms. The molecule has 0 N–H and O–H groups in total. The molecule has 3 nitrogen and oxygen atoms in total. The fourth-order valence-corrected chi connectivity index (χ4v) is 11.6. The third-order valence-electron chi connectivity index (χ3n) is 11.6. The summed E-state index contributed by atoms with van der Waals surface area (Å²) in [5, 5.41) is 6.27. The smallest absolute Gasteiger partial charge is 0.160 e. The second-order valence-electron chi connectivity index (χ2n) is 14.9. The number of hydrogen-bond donors (Lipinski definition) is 0. The van der Waals surface area contributed by atoms with Gasteiger partial charge in [-0.1, -0.05) is 135 Å². The van der Waals surface area contributed by atoms with Crippen LogP contribution in [0, 0.1) is 0 Å². The lowest BCUT2D eigenvalue weighted by atomic mass is 9.72. The fraction of sp³-hybridized carbons (Fsp3) is 0.0612. The lowest BCUT2D eigenvalue weighted by molar-refractivity contribution is 0.632. The Morgan fingerprint density at radius 1 is 0.500 bits per heavy atom. The van der Waals surface area contributed by atoms with Gasteiger partial charge in [0.2, 0.25) is 0 Å². The minimum atomic E-state index is -0.233. The van der Waals surface area contributed by atoms with E-state index in [1.165, 1.54) is 73.8 Å². The second kappa shape index (κ2) is 11.0. The number of para-hydroxylation sites is 2. The van der Waals surface area contributed by atoms with E-state index in [1.807, 2.05) is 22.7 Å². The predicted molar refractivity (Wildman–Crippen MR) is 231 cm³/mol. The van der Waals surface area contributed by atoms with Gasteiger partial charge in [0.15, 0.2) is 5.82 Å². The molecule has 0 fully saturated rings. The van der Waals surface area contributed by atoms with Crippen LogP contribution < -0.4 is 0 Å². The fourth-order valence-electron chi connectivity index (χ4n) is 9.19. The first kappa shape index (κ1) is 30.3. The van der Waals surface area contributed by atoms with E-state index in [9.17, 15) is 0 Å². The molecule has 1 aliphatic rings. The average molecular weight is 726 g/mol. The third-order valence-corrected chi connectivity index (χ3v) is 14.0. The summed E-state index contributed by atoms with van der Waals surface area (Å²) in [6, 6.07) is 55.2. The number of rotatable bonds is 3. The Bertz CT molecular complexity index is 3380. The predicted octanol–water partition coefficient (Wildman–Crippen LogP) is 13.9. The van der Waals surface area contributed by atoms with Gasteiger partial charge < -0.3 is 4.57 Å². The van der Waals surface area contributed by atoms with Crippen LogP contribution in [0.5, 0.6) is 0 Å². The molecule has 7 aromatic carbocycles. The van der Waals surface area contributed by atoms with Crippen molar-refractivity contribution in [2.45, 2.75) is 19.3 Å². The van der Waals surface area contributed by atoms with Crippen molar-refractivity contribution < 1.29 is 0 Å². The Hall–Kier alpha value is -6.14. The van der Waals surface area contributed by atoms with E-state index in [0.717, 1.165) is 39.1 Å². The van der Waals surface area contributed by atoms with E-state index >= 15 is 0 Å². The number of benzene rings is 7. The minimum absolute atomic E-state index is 0.233. The molecule has 5 heterocycles. The molecule has 0 bridgehead atoms. The summed E-state index contributed by atoms with van der Waals surface area (Å²) in [6.07, 6.45) is 0. The highest BCUT2D eigenvalue weighted by molar-refractivity contribution is 7.27. The van der Waals surface area contributed by atoms with E-state index < -0.39 is 0 Å². The molecular formula is C49H31N3S2. The molecular weight excluding hydrogens is 695 g/mol. The molecule has 5 heteroatoms. The molecule has 0 saturated carbocycles. The molecule has 0 unspecified atom stereocenters. The van der Waals surface area contributed by atoms with E-state index in [4.69, 9.17) is 9.97 Å². The van der Waals surface area contributed by atoms with Crippen molar-refractivity contribution in [3.8, 4) is 39.5 Å². The van der Waals surface area contributed by atoms with E-state index in [1.54, 1.807) is 0 Å². The van der Waals surface area contributed by atoms with Crippen molar-refractivity contribution in [1.29, 1.82) is 0 Å². The molecule has 0 spiro atoms. The molecule has 0 aliphatic carbocycles. The van der Waals surface area contributed by atoms with E-state index in [0.29, 0.717) is 0 Å². The van der Waals surface area contributed by atoms with E-state index in [2.05, 4.69) is 170 Å². The summed E-state index contributed by atoms with van der Waals surface area (Å²) in [4.78, 5) is 10.6. The first-order chi connectivity index (χ1) is 26.5. The SMILES string of the molecule is CC1(C)c2c(-c3cccc(-c4nc(-c5cccc6c5sc5ccccc56)c5ccccc5n4)c3)cccc2-n2c3c1cccc3c1sc3ccccc3c12. The van der Waals surface area contributed by atoms with Crippen molar-refractivity contribution in [2.24, 2.45) is 0 Å². The van der Waals surface area contributed by atoms with Gasteiger partial charge in [-0.2, -0.15) is 0 Å². The minimum Gasteiger partial charge on any atom is -0.307 e. The van der Waals surface area contributed by atoms with Gasteiger partial charge in [-0.3, -0.25) is 0 Å². The van der Waals surface area contributed by atoms with Crippen molar-refractivity contribution in [1.82, 2.24) is 14.5 Å². The van der Waals surface area contributed by atoms with Gasteiger partial charge in [0.25, 0.3) is 0 Å². The molecule has 4 aromatic heterocycles. The average Bonchev–Trinajstić information content (AvgIpc) is 3.89. The van der Waals surface area contributed by atoms with Crippen LogP contribution in [0.4, 0.5) is 0 Å². The van der Waals surface area contributed by atoms with Gasteiger partial charge in [-0.15, -0.1) is 22.7 Å². The molecule has 0 atom stereocenters. The Morgan fingerprint density at radius 2 is 1.15 bits per heavy atom. The molecule has 0 saturated heterocycles. The zero-order valence-electron chi connectivity index (χ0n) is 29.6. The molecule has 254 valence electrons. The van der Waals surface area contributed by atoms with Gasteiger partial charge >= 0.3 is 0 Å². The van der Waals surface area contributed by atoms with Gasteiger partial charge in [0.05, 0.1) is 32.6 Å². The van der Waals surface area contributed by atoms with Gasteiger partial charge in [0.1, 0.15) is 0 Å². The highest BCUT2D eigenvalue weighted by Gasteiger charge is 2.38. The zero-order chi connectivity index (χ0) is 35.7. The normalized spacial score (nSPS) is 13.5. The summed E-state index contributed by atoms with van der Waals surface area (Å²) in [5.74, 6) is 0.733. The van der Waals surface area contributed by atoms with Crippen LogP contribution in [0.25, 0.3) is 102 Å². The monoisotopic (exact) mass is 725 g/mol. The Kier molecular flexibility index (Phi) is 6.15. The molecule has 11 aromatic rings. The van der Waals surface area contributed by atoms with E-state index in [-0.39, 0.29) is 5.41 Å². The summed E-state index contributed by atoms with van der Waals surface area (Å²) in [5.41, 5.74) is 12.8. The maximum atomic E-state index is 5.41. The summed E-state index contributed by atoms with van der Waals surface area (Å²) in [6.45, 7) is 4.79. The topological polar surface area (TPSA) is 30.7 Å². The van der Waals surface area contributed by atoms with Crippen LogP contribution in [0.15, 0.2) is 152 Å². The van der Waals surface area contributed by atoms with Gasteiger partial charge in [-0.05, 0) is 52.6 Å². The molecule has 12 rings (SSSR count). The number of nitrogens with zero attached hydrogens (tertiary/aromatic N) is 3. The van der Waals surface area contributed by atoms with Crippen molar-refractivity contribution >= 4 is 85.0 Å². The Morgan fingerprint density at radius 3 is 2.04 bits per heavy atom. The molecule has 0 amide bonds. The number of hydrogen-bond acceptors (Lipinski definition) is 4. The standard InChI is InChI=1S/C49H31N3S2/c1-49(2)37-22-11-21-36-44(37)52(45-34-17-5-8-26-41(34)54-47(36)45)39-24-12-18-30(42(39)49)28-13-9-14-29(27-28)48-50-38-23-6-3-16-33(38)43(51-48)35-20-10-19-32-31-15-4-7-25-40(31)53-46(32)35/h3-27H,1-2H3. The quantitative estimate of drug-likeness (QED) is 0.182. The highest BCUT2D eigenvalue weighted by Crippen LogP contribution is 2.53. The summed E-state index contributed by atoms with van der Waals surface area (Å²) < 4.78 is 7.79. The van der Waals surface area contributed by atoms with Crippen molar-refractivity contribution in [3.63, 3.8) is 0 Å². The second-order valence-corrected chi connectivity index (χ2v) is 17.0. The van der Waals surface area contributed by atoms with Crippen LogP contribution in [-0.4, -0.2) is 14.5 Å². The van der Waals surface area contributed by atoms with Gasteiger partial charge in [0, 0.05) is 57.6 Å². The number of aromatic nitrogens is 3. The zero-order valence-corrected chi connectivity index (χ0v) is 31.2. The van der Waals surface area contributed by atoms with Gasteiger partial charge in [-0.25, -0.2) is 9.97 Å². The number of fused-ring (bicyclic) bond motifs is 11. The van der Waals surface area contributed by atoms with Crippen LogP contribution in [0.1, 0.15) is 25.0 Å². The first-order valence-electron chi connectivity index (χ1n) is 18.4. The maximum Gasteiger partial charge on any atom is 0.160 e. The lowest BCUT2D eigenvalue weighted by Crippen LogP contribution is -2.27. The highest BCUT2D eigenvalue weighted by atomic mass is 32.1. The largest absolute Gasteiger partial charge is 0.307 e. The molecule has 1 aliphatic heterocycles. The van der Waals surface area contributed by atoms with Crippen molar-refractivity contribution in [3.05, 3.63) is 163 Å². The lowest BCUT2D eigenvalue weighted by Gasteiger charge is -2.36. The first-order valence-corrected chi connectivity index (χ1v) is 20.1.